The summed E-state index contributed by atoms with van der Waals surface area (Å²) in [6.07, 6.45) is 1.82. The van der Waals surface area contributed by atoms with E-state index in [-0.39, 0.29) is 10.6 Å². The third-order valence-corrected chi connectivity index (χ3v) is 4.42. The maximum absolute atomic E-state index is 11.0. The fraction of sp³-hybridized carbons (Fsp3) is 0.105. The van der Waals surface area contributed by atoms with Crippen LogP contribution < -0.4 is 0 Å². The highest BCUT2D eigenvalue weighted by molar-refractivity contribution is 9.10. The lowest BCUT2D eigenvalue weighted by molar-refractivity contribution is -0.384. The van der Waals surface area contributed by atoms with Crippen LogP contribution in [0.25, 0.3) is 5.69 Å². The number of benzene rings is 2. The van der Waals surface area contributed by atoms with E-state index in [4.69, 9.17) is 0 Å². The molecule has 0 unspecified atom stereocenters. The molecule has 2 aromatic carbocycles. The molecule has 0 fully saturated rings. The minimum atomic E-state index is -0.382. The van der Waals surface area contributed by atoms with Crippen molar-refractivity contribution in [2.24, 2.45) is 4.99 Å². The van der Waals surface area contributed by atoms with Crippen LogP contribution >= 0.6 is 15.9 Å². The molecule has 0 N–H and O–H groups in total. The van der Waals surface area contributed by atoms with Crippen LogP contribution in [0.2, 0.25) is 0 Å². The Morgan fingerprint density at radius 1 is 1.12 bits per heavy atom. The summed E-state index contributed by atoms with van der Waals surface area (Å²) >= 11 is 3.43. The van der Waals surface area contributed by atoms with Gasteiger partial charge in [-0.1, -0.05) is 28.1 Å². The Balaban J connectivity index is 1.99. The first-order valence-electron chi connectivity index (χ1n) is 7.69. The molecule has 25 heavy (non-hydrogen) atoms. The lowest BCUT2D eigenvalue weighted by atomic mass is 10.2. The molecule has 0 aliphatic rings. The molecule has 0 amide bonds. The highest BCUT2D eigenvalue weighted by Gasteiger charge is 2.12. The van der Waals surface area contributed by atoms with E-state index in [1.54, 1.807) is 12.1 Å². The van der Waals surface area contributed by atoms with Gasteiger partial charge in [-0.25, -0.2) is 0 Å². The molecule has 0 spiro atoms. The Morgan fingerprint density at radius 3 is 2.60 bits per heavy atom. The van der Waals surface area contributed by atoms with E-state index < -0.39 is 0 Å². The lowest BCUT2D eigenvalue weighted by Gasteiger charge is -2.09. The molecule has 0 radical (unpaired) electrons. The van der Waals surface area contributed by atoms with Crippen molar-refractivity contribution in [3.05, 3.63) is 86.1 Å². The molecule has 0 saturated carbocycles. The molecule has 0 aliphatic heterocycles. The summed E-state index contributed by atoms with van der Waals surface area (Å²) in [5, 5.41) is 11.0. The van der Waals surface area contributed by atoms with Crippen LogP contribution in [0.1, 0.15) is 17.0 Å². The van der Waals surface area contributed by atoms with Crippen LogP contribution in [-0.2, 0) is 0 Å². The van der Waals surface area contributed by atoms with Gasteiger partial charge in [0.05, 0.1) is 16.3 Å². The summed E-state index contributed by atoms with van der Waals surface area (Å²) in [6.45, 7) is 3.95. The van der Waals surface area contributed by atoms with E-state index in [2.05, 4.69) is 20.9 Å². The Morgan fingerprint density at radius 2 is 1.88 bits per heavy atom. The molecule has 3 aromatic rings. The minimum absolute atomic E-state index is 0.0781. The topological polar surface area (TPSA) is 60.4 Å². The fourth-order valence-electron chi connectivity index (χ4n) is 2.76. The van der Waals surface area contributed by atoms with Crippen LogP contribution in [0.4, 0.5) is 11.4 Å². The molecule has 3 rings (SSSR count). The zero-order valence-electron chi connectivity index (χ0n) is 13.8. The number of nitro benzene ring substituents is 1. The Bertz CT molecular complexity index is 977. The maximum Gasteiger partial charge on any atom is 0.271 e. The molecule has 5 nitrogen and oxygen atoms in total. The summed E-state index contributed by atoms with van der Waals surface area (Å²) in [6, 6.07) is 16.4. The number of hydrogen-bond acceptors (Lipinski definition) is 3. The van der Waals surface area contributed by atoms with Gasteiger partial charge in [-0.3, -0.25) is 15.1 Å². The van der Waals surface area contributed by atoms with Gasteiger partial charge in [0.1, 0.15) is 0 Å². The highest BCUT2D eigenvalue weighted by Crippen LogP contribution is 2.24. The van der Waals surface area contributed by atoms with Crippen LogP contribution in [0, 0.1) is 24.0 Å². The van der Waals surface area contributed by atoms with Crippen LogP contribution in [-0.4, -0.2) is 15.7 Å². The second-order valence-corrected chi connectivity index (χ2v) is 6.59. The summed E-state index contributed by atoms with van der Waals surface area (Å²) in [7, 11) is 0. The fourth-order valence-corrected chi connectivity index (χ4v) is 3.15. The van der Waals surface area contributed by atoms with Crippen molar-refractivity contribution < 1.29 is 4.92 Å². The molecule has 0 saturated heterocycles. The molecule has 0 aliphatic carbocycles. The van der Waals surface area contributed by atoms with Gasteiger partial charge in [0.15, 0.2) is 0 Å². The molecule has 0 atom stereocenters. The number of aromatic nitrogens is 1. The predicted molar refractivity (Wildman–Crippen MR) is 103 cm³/mol. The van der Waals surface area contributed by atoms with Crippen LogP contribution in [0.3, 0.4) is 0 Å². The molecular weight excluding hydrogens is 382 g/mol. The van der Waals surface area contributed by atoms with Gasteiger partial charge in [0.25, 0.3) is 5.69 Å². The van der Waals surface area contributed by atoms with Crippen molar-refractivity contribution in [3.8, 4) is 5.69 Å². The highest BCUT2D eigenvalue weighted by atomic mass is 79.9. The number of nitrogens with zero attached hydrogens (tertiary/aromatic N) is 3. The zero-order chi connectivity index (χ0) is 18.0. The third-order valence-electron chi connectivity index (χ3n) is 3.93. The SMILES string of the molecule is Cc1cc(C=Nc2cccc(Br)c2)c(C)n1-c1cccc([N+](=O)[O-])c1. The normalized spacial score (nSPS) is 11.2. The van der Waals surface area contributed by atoms with Gasteiger partial charge in [-0.05, 0) is 44.2 Å². The van der Waals surface area contributed by atoms with Crippen molar-refractivity contribution in [3.63, 3.8) is 0 Å². The number of aliphatic imine (C=N–C) groups is 1. The average molecular weight is 398 g/mol. The number of aryl methyl sites for hydroxylation is 1. The van der Waals surface area contributed by atoms with Gasteiger partial charge < -0.3 is 4.57 Å². The molecule has 1 heterocycles. The Hall–Kier alpha value is -2.73. The van der Waals surface area contributed by atoms with Gasteiger partial charge in [0.2, 0.25) is 0 Å². The summed E-state index contributed by atoms with van der Waals surface area (Å²) in [5.74, 6) is 0. The van der Waals surface area contributed by atoms with Crippen molar-refractivity contribution in [2.45, 2.75) is 13.8 Å². The van der Waals surface area contributed by atoms with Gasteiger partial charge in [0, 0.05) is 39.8 Å². The second-order valence-electron chi connectivity index (χ2n) is 5.68. The van der Waals surface area contributed by atoms with E-state index in [9.17, 15) is 10.1 Å². The predicted octanol–water partition coefficient (Wildman–Crippen LogP) is 5.52. The van der Waals surface area contributed by atoms with Gasteiger partial charge in [-0.2, -0.15) is 0 Å². The van der Waals surface area contributed by atoms with Crippen molar-refractivity contribution in [1.82, 2.24) is 4.57 Å². The summed E-state index contributed by atoms with van der Waals surface area (Å²) in [4.78, 5) is 15.2. The van der Waals surface area contributed by atoms with Gasteiger partial charge >= 0.3 is 0 Å². The number of rotatable bonds is 4. The Kier molecular flexibility index (Phi) is 4.81. The molecule has 6 heteroatoms. The first kappa shape index (κ1) is 17.1. The summed E-state index contributed by atoms with van der Waals surface area (Å²) < 4.78 is 2.97. The average Bonchev–Trinajstić information content (AvgIpc) is 2.87. The van der Waals surface area contributed by atoms with E-state index in [1.165, 1.54) is 6.07 Å². The number of hydrogen-bond donors (Lipinski definition) is 0. The zero-order valence-corrected chi connectivity index (χ0v) is 15.4. The van der Waals surface area contributed by atoms with E-state index in [0.717, 1.165) is 32.8 Å². The molecule has 0 bridgehead atoms. The largest absolute Gasteiger partial charge is 0.318 e. The second kappa shape index (κ2) is 7.03. The van der Waals surface area contributed by atoms with E-state index >= 15 is 0 Å². The van der Waals surface area contributed by atoms with Crippen LogP contribution in [0.15, 0.2) is 64.1 Å². The number of non-ortho nitro benzene ring substituents is 1. The standard InChI is InChI=1S/C19H16BrN3O2/c1-13-9-15(12-21-17-6-3-5-16(20)10-17)14(2)22(13)18-7-4-8-19(11-18)23(24)25/h3-12H,1-2H3. The molecular formula is C19H16BrN3O2. The summed E-state index contributed by atoms with van der Waals surface area (Å²) in [5.41, 5.74) is 4.66. The van der Waals surface area contributed by atoms with Crippen LogP contribution in [0.5, 0.6) is 0 Å². The lowest BCUT2D eigenvalue weighted by Crippen LogP contribution is -2.00. The van der Waals surface area contributed by atoms with Crippen molar-refractivity contribution >= 4 is 33.5 Å². The quantitative estimate of drug-likeness (QED) is 0.330. The van der Waals surface area contributed by atoms with E-state index in [1.807, 2.05) is 61.0 Å². The first-order valence-corrected chi connectivity index (χ1v) is 8.48. The molecule has 126 valence electrons. The first-order chi connectivity index (χ1) is 12.0. The minimum Gasteiger partial charge on any atom is -0.318 e. The number of halogens is 1. The maximum atomic E-state index is 11.0. The monoisotopic (exact) mass is 397 g/mol. The van der Waals surface area contributed by atoms with Crippen molar-refractivity contribution in [2.75, 3.05) is 0 Å². The number of nitro groups is 1. The van der Waals surface area contributed by atoms with E-state index in [0.29, 0.717) is 0 Å². The molecule has 1 aromatic heterocycles. The third kappa shape index (κ3) is 3.69. The Labute approximate surface area is 153 Å². The van der Waals surface area contributed by atoms with Crippen molar-refractivity contribution in [1.29, 1.82) is 0 Å². The smallest absolute Gasteiger partial charge is 0.271 e. The van der Waals surface area contributed by atoms with Gasteiger partial charge in [-0.15, -0.1) is 0 Å².